The third-order valence-corrected chi connectivity index (χ3v) is 4.18. The van der Waals surface area contributed by atoms with E-state index in [0.717, 1.165) is 14.3 Å². The van der Waals surface area contributed by atoms with E-state index in [1.54, 1.807) is 24.3 Å². The average Bonchev–Trinajstić information content (AvgIpc) is 2.85. The SMILES string of the molecule is O=C(Nc1ccc(Br)cc1Cl)c1cc2cc(Br)ccc2o1. The molecule has 1 N–H and O–H groups in total. The van der Waals surface area contributed by atoms with Crippen LogP contribution < -0.4 is 5.32 Å². The van der Waals surface area contributed by atoms with Gasteiger partial charge in [-0.25, -0.2) is 0 Å². The van der Waals surface area contributed by atoms with E-state index < -0.39 is 0 Å². The van der Waals surface area contributed by atoms with Gasteiger partial charge >= 0.3 is 0 Å². The van der Waals surface area contributed by atoms with E-state index >= 15 is 0 Å². The Hall–Kier alpha value is -1.30. The lowest BCUT2D eigenvalue weighted by Gasteiger charge is -2.05. The van der Waals surface area contributed by atoms with E-state index in [0.29, 0.717) is 16.3 Å². The predicted molar refractivity (Wildman–Crippen MR) is 91.0 cm³/mol. The lowest BCUT2D eigenvalue weighted by Crippen LogP contribution is -2.11. The molecule has 2 aromatic carbocycles. The zero-order valence-corrected chi connectivity index (χ0v) is 14.4. The van der Waals surface area contributed by atoms with Gasteiger partial charge in [-0.05, 0) is 42.5 Å². The molecule has 0 spiro atoms. The minimum atomic E-state index is -0.341. The third-order valence-electron chi connectivity index (χ3n) is 2.88. The molecule has 6 heteroatoms. The zero-order chi connectivity index (χ0) is 15.0. The van der Waals surface area contributed by atoms with Crippen molar-refractivity contribution in [2.24, 2.45) is 0 Å². The van der Waals surface area contributed by atoms with Gasteiger partial charge in [0, 0.05) is 14.3 Å². The highest BCUT2D eigenvalue weighted by atomic mass is 79.9. The van der Waals surface area contributed by atoms with Crippen LogP contribution in [0.5, 0.6) is 0 Å². The summed E-state index contributed by atoms with van der Waals surface area (Å²) in [6, 6.07) is 12.5. The van der Waals surface area contributed by atoms with Crippen molar-refractivity contribution in [2.45, 2.75) is 0 Å². The Kier molecular flexibility index (Phi) is 4.06. The van der Waals surface area contributed by atoms with Gasteiger partial charge in [-0.3, -0.25) is 4.79 Å². The number of amides is 1. The van der Waals surface area contributed by atoms with E-state index in [2.05, 4.69) is 37.2 Å². The first-order chi connectivity index (χ1) is 10.0. The van der Waals surface area contributed by atoms with Crippen molar-refractivity contribution in [2.75, 3.05) is 5.32 Å². The molecule has 0 fully saturated rings. The van der Waals surface area contributed by atoms with Crippen molar-refractivity contribution < 1.29 is 9.21 Å². The normalized spacial score (nSPS) is 10.8. The number of nitrogens with one attached hydrogen (secondary N) is 1. The second-order valence-electron chi connectivity index (χ2n) is 4.37. The number of carbonyl (C=O) groups excluding carboxylic acids is 1. The van der Waals surface area contributed by atoms with Gasteiger partial charge in [-0.2, -0.15) is 0 Å². The van der Waals surface area contributed by atoms with Gasteiger partial charge in [-0.15, -0.1) is 0 Å². The first-order valence-corrected chi connectivity index (χ1v) is 7.95. The summed E-state index contributed by atoms with van der Waals surface area (Å²) < 4.78 is 7.31. The Balaban J connectivity index is 1.89. The molecule has 0 unspecified atom stereocenters. The van der Waals surface area contributed by atoms with Crippen molar-refractivity contribution >= 4 is 66.0 Å². The Bertz CT molecular complexity index is 845. The molecule has 3 aromatic rings. The third kappa shape index (κ3) is 3.15. The summed E-state index contributed by atoms with van der Waals surface area (Å²) in [4.78, 5) is 12.2. The number of rotatable bonds is 2. The Morgan fingerprint density at radius 3 is 2.52 bits per heavy atom. The highest BCUT2D eigenvalue weighted by Crippen LogP contribution is 2.27. The molecule has 21 heavy (non-hydrogen) atoms. The average molecular weight is 429 g/mol. The Morgan fingerprint density at radius 2 is 1.76 bits per heavy atom. The predicted octanol–water partition coefficient (Wildman–Crippen LogP) is 5.86. The summed E-state index contributed by atoms with van der Waals surface area (Å²) in [6.07, 6.45) is 0. The van der Waals surface area contributed by atoms with Crippen molar-refractivity contribution in [3.63, 3.8) is 0 Å². The molecule has 106 valence electrons. The first-order valence-electron chi connectivity index (χ1n) is 5.98. The quantitative estimate of drug-likeness (QED) is 0.554. The second-order valence-corrected chi connectivity index (χ2v) is 6.61. The van der Waals surface area contributed by atoms with Gasteiger partial charge in [-0.1, -0.05) is 43.5 Å². The minimum Gasteiger partial charge on any atom is -0.451 e. The lowest BCUT2D eigenvalue weighted by atomic mass is 10.2. The summed E-state index contributed by atoms with van der Waals surface area (Å²) in [6.45, 7) is 0. The van der Waals surface area contributed by atoms with Gasteiger partial charge < -0.3 is 9.73 Å². The number of hydrogen-bond acceptors (Lipinski definition) is 2. The van der Waals surface area contributed by atoms with Crippen LogP contribution in [0.4, 0.5) is 5.69 Å². The minimum absolute atomic E-state index is 0.238. The van der Waals surface area contributed by atoms with Crippen LogP contribution in [0.1, 0.15) is 10.6 Å². The van der Waals surface area contributed by atoms with Gasteiger partial charge in [0.1, 0.15) is 5.58 Å². The van der Waals surface area contributed by atoms with Gasteiger partial charge in [0.2, 0.25) is 0 Å². The van der Waals surface area contributed by atoms with Crippen LogP contribution in [0, 0.1) is 0 Å². The maximum Gasteiger partial charge on any atom is 0.291 e. The number of anilines is 1. The maximum absolute atomic E-state index is 12.2. The smallest absolute Gasteiger partial charge is 0.291 e. The molecular weight excluding hydrogens is 421 g/mol. The molecule has 0 saturated heterocycles. The summed E-state index contributed by atoms with van der Waals surface area (Å²) in [7, 11) is 0. The molecular formula is C15H8Br2ClNO2. The standard InChI is InChI=1S/C15H8Br2ClNO2/c16-9-2-4-13-8(5-9)6-14(21-13)15(20)19-12-3-1-10(17)7-11(12)18/h1-7H,(H,19,20). The number of carbonyl (C=O) groups is 1. The number of halogens is 3. The van der Waals surface area contributed by atoms with Crippen LogP contribution in [0.2, 0.25) is 5.02 Å². The summed E-state index contributed by atoms with van der Waals surface area (Å²) in [5.74, 6) is -0.103. The van der Waals surface area contributed by atoms with Gasteiger partial charge in [0.25, 0.3) is 5.91 Å². The summed E-state index contributed by atoms with van der Waals surface area (Å²) in [5.41, 5.74) is 1.19. The van der Waals surface area contributed by atoms with Crippen LogP contribution >= 0.6 is 43.5 Å². The van der Waals surface area contributed by atoms with Crippen molar-refractivity contribution in [1.29, 1.82) is 0 Å². The topological polar surface area (TPSA) is 42.2 Å². The number of hydrogen-bond donors (Lipinski definition) is 1. The van der Waals surface area contributed by atoms with Crippen LogP contribution in [0.15, 0.2) is 55.8 Å². The fourth-order valence-corrected chi connectivity index (χ4v) is 3.00. The highest BCUT2D eigenvalue weighted by Gasteiger charge is 2.14. The van der Waals surface area contributed by atoms with Crippen LogP contribution in [0.25, 0.3) is 11.0 Å². The van der Waals surface area contributed by atoms with Crippen LogP contribution in [-0.2, 0) is 0 Å². The molecule has 0 aliphatic carbocycles. The van der Waals surface area contributed by atoms with Crippen molar-refractivity contribution in [3.05, 3.63) is 62.2 Å². The zero-order valence-electron chi connectivity index (χ0n) is 10.5. The van der Waals surface area contributed by atoms with Crippen molar-refractivity contribution in [3.8, 4) is 0 Å². The highest BCUT2D eigenvalue weighted by molar-refractivity contribution is 9.10. The number of benzene rings is 2. The number of fused-ring (bicyclic) bond motifs is 1. The van der Waals surface area contributed by atoms with E-state index in [-0.39, 0.29) is 11.7 Å². The van der Waals surface area contributed by atoms with Crippen molar-refractivity contribution in [1.82, 2.24) is 0 Å². The lowest BCUT2D eigenvalue weighted by molar-refractivity contribution is 0.0998. The van der Waals surface area contributed by atoms with E-state index in [1.165, 1.54) is 0 Å². The fourth-order valence-electron chi connectivity index (χ4n) is 1.90. The number of furan rings is 1. The molecule has 0 saturated carbocycles. The molecule has 3 rings (SSSR count). The molecule has 0 bridgehead atoms. The molecule has 0 aliphatic rings. The molecule has 0 atom stereocenters. The summed E-state index contributed by atoms with van der Waals surface area (Å²) >= 11 is 12.8. The summed E-state index contributed by atoms with van der Waals surface area (Å²) in [5, 5.41) is 4.05. The maximum atomic E-state index is 12.2. The fraction of sp³-hybridized carbons (Fsp3) is 0. The van der Waals surface area contributed by atoms with Crippen LogP contribution in [-0.4, -0.2) is 5.91 Å². The van der Waals surface area contributed by atoms with E-state index in [4.69, 9.17) is 16.0 Å². The molecule has 1 heterocycles. The first kappa shape index (κ1) is 14.6. The van der Waals surface area contributed by atoms with E-state index in [1.807, 2.05) is 18.2 Å². The molecule has 0 aliphatic heterocycles. The van der Waals surface area contributed by atoms with E-state index in [9.17, 15) is 4.79 Å². The Labute approximate surface area is 142 Å². The van der Waals surface area contributed by atoms with Crippen LogP contribution in [0.3, 0.4) is 0 Å². The molecule has 1 amide bonds. The molecule has 0 radical (unpaired) electrons. The largest absolute Gasteiger partial charge is 0.451 e. The monoisotopic (exact) mass is 427 g/mol. The van der Waals surface area contributed by atoms with Gasteiger partial charge in [0.05, 0.1) is 10.7 Å². The Morgan fingerprint density at radius 1 is 1.05 bits per heavy atom. The molecule has 3 nitrogen and oxygen atoms in total. The second kappa shape index (κ2) is 5.83. The molecule has 1 aromatic heterocycles. The van der Waals surface area contributed by atoms with Gasteiger partial charge in [0.15, 0.2) is 5.76 Å².